The van der Waals surface area contributed by atoms with Gasteiger partial charge in [-0.25, -0.2) is 8.42 Å². The summed E-state index contributed by atoms with van der Waals surface area (Å²) in [6.07, 6.45) is 3.48. The summed E-state index contributed by atoms with van der Waals surface area (Å²) in [7, 11) is -3.41. The Morgan fingerprint density at radius 2 is 1.94 bits per heavy atom. The smallest absolute Gasteiger partial charge is 0.303 e. The third kappa shape index (κ3) is 3.69. The van der Waals surface area contributed by atoms with Crippen molar-refractivity contribution in [3.63, 3.8) is 0 Å². The summed E-state index contributed by atoms with van der Waals surface area (Å²) in [6.45, 7) is 1.56. The molecule has 1 aliphatic carbocycles. The maximum Gasteiger partial charge on any atom is 0.303 e. The Hall–Kier alpha value is -1.11. The van der Waals surface area contributed by atoms with Crippen LogP contribution in [0.4, 0.5) is 0 Å². The zero-order chi connectivity index (χ0) is 14.0. The molecule has 6 nitrogen and oxygen atoms in total. The Morgan fingerprint density at radius 3 is 2.28 bits per heavy atom. The Morgan fingerprint density at radius 1 is 1.39 bits per heavy atom. The number of carbonyl (C=O) groups is 2. The summed E-state index contributed by atoms with van der Waals surface area (Å²) in [5, 5.41) is 10.3. The van der Waals surface area contributed by atoms with Gasteiger partial charge in [-0.2, -0.15) is 0 Å². The summed E-state index contributed by atoms with van der Waals surface area (Å²) in [5.74, 6) is -1.45. The summed E-state index contributed by atoms with van der Waals surface area (Å²) >= 11 is 0. The van der Waals surface area contributed by atoms with Gasteiger partial charge < -0.3 is 10.4 Å². The molecule has 1 fully saturated rings. The predicted molar refractivity (Wildman–Crippen MR) is 65.9 cm³/mol. The first kappa shape index (κ1) is 14.9. The second-order valence-corrected chi connectivity index (χ2v) is 7.48. The molecule has 0 heterocycles. The lowest BCUT2D eigenvalue weighted by atomic mass is 9.66. The first-order valence-corrected chi connectivity index (χ1v) is 7.80. The summed E-state index contributed by atoms with van der Waals surface area (Å²) in [4.78, 5) is 22.4. The third-order valence-corrected chi connectivity index (χ3v) is 5.09. The van der Waals surface area contributed by atoms with Crippen LogP contribution in [0.5, 0.6) is 0 Å². The fourth-order valence-electron chi connectivity index (χ4n) is 2.03. The van der Waals surface area contributed by atoms with Crippen molar-refractivity contribution in [3.8, 4) is 0 Å². The number of rotatable bonds is 6. The highest BCUT2D eigenvalue weighted by atomic mass is 32.2. The van der Waals surface area contributed by atoms with Crippen molar-refractivity contribution >= 4 is 21.7 Å². The Balaban J connectivity index is 2.54. The topological polar surface area (TPSA) is 101 Å². The lowest BCUT2D eigenvalue weighted by Gasteiger charge is -2.41. The SMILES string of the molecule is CC(C(=O)NCC1(CC(=O)O)CCC1)S(C)(=O)=O. The normalized spacial score (nSPS) is 19.7. The molecule has 0 radical (unpaired) electrons. The molecule has 2 N–H and O–H groups in total. The number of aliphatic carboxylic acids is 1. The van der Waals surface area contributed by atoms with Crippen molar-refractivity contribution in [2.75, 3.05) is 12.8 Å². The standard InChI is InChI=1S/C11H19NO5S/c1-8(18(2,16)17)10(15)12-7-11(4-3-5-11)6-9(13)14/h8H,3-7H2,1-2H3,(H,12,15)(H,13,14). The molecular weight excluding hydrogens is 258 g/mol. The van der Waals surface area contributed by atoms with E-state index in [9.17, 15) is 18.0 Å². The second-order valence-electron chi connectivity index (χ2n) is 5.11. The maximum absolute atomic E-state index is 11.6. The zero-order valence-corrected chi connectivity index (χ0v) is 11.4. The van der Waals surface area contributed by atoms with E-state index in [1.807, 2.05) is 0 Å². The van der Waals surface area contributed by atoms with Gasteiger partial charge in [0.1, 0.15) is 5.25 Å². The van der Waals surface area contributed by atoms with Crippen LogP contribution in [0.15, 0.2) is 0 Å². The minimum absolute atomic E-state index is 0.0144. The fourth-order valence-corrected chi connectivity index (χ4v) is 2.50. The Bertz CT molecular complexity index is 438. The highest BCUT2D eigenvalue weighted by Crippen LogP contribution is 2.43. The van der Waals surface area contributed by atoms with Crippen LogP contribution in [0.1, 0.15) is 32.6 Å². The van der Waals surface area contributed by atoms with Crippen molar-refractivity contribution < 1.29 is 23.1 Å². The highest BCUT2D eigenvalue weighted by Gasteiger charge is 2.39. The van der Waals surface area contributed by atoms with Crippen LogP contribution in [0.2, 0.25) is 0 Å². The van der Waals surface area contributed by atoms with E-state index in [0.29, 0.717) is 0 Å². The number of nitrogens with one attached hydrogen (secondary N) is 1. The minimum atomic E-state index is -3.41. The monoisotopic (exact) mass is 277 g/mol. The number of carboxylic acid groups (broad SMARTS) is 1. The largest absolute Gasteiger partial charge is 0.481 e. The van der Waals surface area contributed by atoms with E-state index in [1.54, 1.807) is 0 Å². The minimum Gasteiger partial charge on any atom is -0.481 e. The van der Waals surface area contributed by atoms with Gasteiger partial charge in [-0.15, -0.1) is 0 Å². The molecule has 1 aliphatic rings. The summed E-state index contributed by atoms with van der Waals surface area (Å²) < 4.78 is 22.4. The molecule has 1 rings (SSSR count). The van der Waals surface area contributed by atoms with E-state index in [1.165, 1.54) is 6.92 Å². The molecule has 104 valence electrons. The summed E-state index contributed by atoms with van der Waals surface area (Å²) in [6, 6.07) is 0. The molecule has 0 aromatic rings. The van der Waals surface area contributed by atoms with Crippen LogP contribution in [0.25, 0.3) is 0 Å². The predicted octanol–water partition coefficient (Wildman–Crippen LogP) is 0.181. The molecule has 7 heteroatoms. The van der Waals surface area contributed by atoms with Crippen molar-refractivity contribution in [1.29, 1.82) is 0 Å². The molecule has 0 spiro atoms. The van der Waals surface area contributed by atoms with Gasteiger partial charge in [-0.05, 0) is 25.2 Å². The molecule has 0 aromatic heterocycles. The average Bonchev–Trinajstić information content (AvgIpc) is 2.18. The van der Waals surface area contributed by atoms with E-state index >= 15 is 0 Å². The van der Waals surface area contributed by atoms with Gasteiger partial charge in [0.25, 0.3) is 0 Å². The Labute approximate surface area is 107 Å². The molecule has 18 heavy (non-hydrogen) atoms. The average molecular weight is 277 g/mol. The quantitative estimate of drug-likeness (QED) is 0.721. The van der Waals surface area contributed by atoms with Crippen molar-refractivity contribution in [2.24, 2.45) is 5.41 Å². The highest BCUT2D eigenvalue weighted by molar-refractivity contribution is 7.92. The van der Waals surface area contributed by atoms with Crippen LogP contribution in [-0.2, 0) is 19.4 Å². The number of carboxylic acids is 1. The van der Waals surface area contributed by atoms with Gasteiger partial charge in [0.2, 0.25) is 5.91 Å². The molecule has 1 atom stereocenters. The second kappa shape index (κ2) is 5.26. The lowest BCUT2D eigenvalue weighted by Crippen LogP contribution is -2.47. The van der Waals surface area contributed by atoms with Gasteiger partial charge >= 0.3 is 5.97 Å². The molecule has 0 aromatic carbocycles. The van der Waals surface area contributed by atoms with E-state index in [-0.39, 0.29) is 13.0 Å². The van der Waals surface area contributed by atoms with Crippen molar-refractivity contribution in [2.45, 2.75) is 37.9 Å². The van der Waals surface area contributed by atoms with Gasteiger partial charge in [-0.3, -0.25) is 9.59 Å². The molecular formula is C11H19NO5S. The van der Waals surface area contributed by atoms with Crippen LogP contribution in [-0.4, -0.2) is 43.5 Å². The fraction of sp³-hybridized carbons (Fsp3) is 0.818. The van der Waals surface area contributed by atoms with E-state index in [4.69, 9.17) is 5.11 Å². The van der Waals surface area contributed by atoms with Crippen LogP contribution in [0, 0.1) is 5.41 Å². The van der Waals surface area contributed by atoms with Crippen molar-refractivity contribution in [3.05, 3.63) is 0 Å². The first-order valence-electron chi connectivity index (χ1n) is 5.85. The van der Waals surface area contributed by atoms with E-state index < -0.39 is 32.4 Å². The third-order valence-electron chi connectivity index (χ3n) is 3.59. The number of hydrogen-bond donors (Lipinski definition) is 2. The number of hydrogen-bond acceptors (Lipinski definition) is 4. The zero-order valence-electron chi connectivity index (χ0n) is 10.6. The van der Waals surface area contributed by atoms with Crippen LogP contribution < -0.4 is 5.32 Å². The van der Waals surface area contributed by atoms with E-state index in [0.717, 1.165) is 25.5 Å². The molecule has 0 bridgehead atoms. The summed E-state index contributed by atoms with van der Waals surface area (Å²) in [5.41, 5.74) is -0.390. The molecule has 1 saturated carbocycles. The van der Waals surface area contributed by atoms with Crippen LogP contribution >= 0.6 is 0 Å². The Kier molecular flexibility index (Phi) is 4.37. The number of carbonyl (C=O) groups excluding carboxylic acids is 1. The van der Waals surface area contributed by atoms with Gasteiger partial charge in [-0.1, -0.05) is 6.42 Å². The molecule has 1 unspecified atom stereocenters. The maximum atomic E-state index is 11.6. The lowest BCUT2D eigenvalue weighted by molar-refractivity contribution is -0.141. The van der Waals surface area contributed by atoms with Gasteiger partial charge in [0, 0.05) is 12.8 Å². The van der Waals surface area contributed by atoms with Crippen LogP contribution in [0.3, 0.4) is 0 Å². The van der Waals surface area contributed by atoms with Gasteiger partial charge in [0.15, 0.2) is 9.84 Å². The number of sulfone groups is 1. The molecule has 1 amide bonds. The molecule has 0 saturated heterocycles. The first-order chi connectivity index (χ1) is 8.16. The van der Waals surface area contributed by atoms with Crippen molar-refractivity contribution in [1.82, 2.24) is 5.32 Å². The van der Waals surface area contributed by atoms with E-state index in [2.05, 4.69) is 5.32 Å². The number of amides is 1. The van der Waals surface area contributed by atoms with Gasteiger partial charge in [0.05, 0.1) is 6.42 Å². The molecule has 0 aliphatic heterocycles.